The molecule has 1 aromatic carbocycles. The van der Waals surface area contributed by atoms with Crippen LogP contribution in [0.15, 0.2) is 24.3 Å². The van der Waals surface area contributed by atoms with E-state index in [9.17, 15) is 0 Å². The minimum Gasteiger partial charge on any atom is -0.494 e. The van der Waals surface area contributed by atoms with Crippen molar-refractivity contribution in [3.8, 4) is 11.8 Å². The monoisotopic (exact) mass is 260 g/mol. The molecule has 0 radical (unpaired) electrons. The summed E-state index contributed by atoms with van der Waals surface area (Å²) in [5.41, 5.74) is 0.646. The Kier molecular flexibility index (Phi) is 6.99. The number of nitriles is 1. The molecule has 0 saturated heterocycles. The lowest BCUT2D eigenvalue weighted by Gasteiger charge is -2.22. The highest BCUT2D eigenvalue weighted by Gasteiger charge is 2.04. The molecule has 3 nitrogen and oxygen atoms in total. The van der Waals surface area contributed by atoms with E-state index < -0.39 is 0 Å². The van der Waals surface area contributed by atoms with Crippen LogP contribution in [0.1, 0.15) is 32.8 Å². The predicted molar refractivity (Wildman–Crippen MR) is 78.2 cm³/mol. The zero-order chi connectivity index (χ0) is 14.1. The molecule has 1 rings (SSSR count). The van der Waals surface area contributed by atoms with Crippen LogP contribution in [0.2, 0.25) is 0 Å². The van der Waals surface area contributed by atoms with Crippen molar-refractivity contribution in [3.63, 3.8) is 0 Å². The summed E-state index contributed by atoms with van der Waals surface area (Å²) in [6.45, 7) is 10.7. The molecule has 19 heavy (non-hydrogen) atoms. The Hall–Kier alpha value is -1.53. The lowest BCUT2D eigenvalue weighted by molar-refractivity contribution is 0.224. The first-order valence-corrected chi connectivity index (χ1v) is 7.01. The first kappa shape index (κ1) is 15.5. The maximum Gasteiger partial charge on any atom is 0.120 e. The number of ether oxygens (including phenoxy) is 1. The molecule has 0 spiro atoms. The van der Waals surface area contributed by atoms with Crippen molar-refractivity contribution in [1.29, 1.82) is 5.26 Å². The molecule has 104 valence electrons. The summed E-state index contributed by atoms with van der Waals surface area (Å²) in [4.78, 5) is 2.44. The van der Waals surface area contributed by atoms with Crippen molar-refractivity contribution in [2.45, 2.75) is 27.2 Å². The van der Waals surface area contributed by atoms with Gasteiger partial charge in [0.1, 0.15) is 5.75 Å². The van der Waals surface area contributed by atoms with Crippen molar-refractivity contribution in [1.82, 2.24) is 4.90 Å². The van der Waals surface area contributed by atoms with Crippen LogP contribution in [-0.4, -0.2) is 31.1 Å². The van der Waals surface area contributed by atoms with Gasteiger partial charge in [-0.1, -0.05) is 26.8 Å². The maximum atomic E-state index is 8.81. The van der Waals surface area contributed by atoms with Crippen LogP contribution in [0.5, 0.6) is 5.75 Å². The van der Waals surface area contributed by atoms with Crippen molar-refractivity contribution < 1.29 is 4.74 Å². The Labute approximate surface area is 116 Å². The highest BCUT2D eigenvalue weighted by atomic mass is 16.5. The first-order chi connectivity index (χ1) is 9.15. The zero-order valence-electron chi connectivity index (χ0n) is 12.2. The molecule has 0 aromatic heterocycles. The molecule has 0 aliphatic rings. The average Bonchev–Trinajstić information content (AvgIpc) is 2.42. The second-order valence-corrected chi connectivity index (χ2v) is 5.13. The van der Waals surface area contributed by atoms with Crippen molar-refractivity contribution in [3.05, 3.63) is 29.8 Å². The van der Waals surface area contributed by atoms with E-state index in [1.54, 1.807) is 12.1 Å². The Morgan fingerprint density at radius 2 is 2.16 bits per heavy atom. The standard InChI is InChI=1S/C16H24N2O/c1-4-18(13-14(2)3)9-6-10-19-16-8-5-7-15(11-16)12-17/h5,7-8,11,14H,4,6,9-10,13H2,1-3H3. The molecular formula is C16H24N2O. The van der Waals surface area contributed by atoms with Gasteiger partial charge < -0.3 is 9.64 Å². The summed E-state index contributed by atoms with van der Waals surface area (Å²) in [7, 11) is 0. The predicted octanol–water partition coefficient (Wildman–Crippen LogP) is 3.31. The van der Waals surface area contributed by atoms with E-state index in [-0.39, 0.29) is 0 Å². The van der Waals surface area contributed by atoms with Crippen molar-refractivity contribution >= 4 is 0 Å². The van der Waals surface area contributed by atoms with Gasteiger partial charge in [-0.05, 0) is 37.1 Å². The molecule has 3 heteroatoms. The molecule has 0 saturated carbocycles. The Morgan fingerprint density at radius 1 is 1.37 bits per heavy atom. The van der Waals surface area contributed by atoms with Crippen LogP contribution >= 0.6 is 0 Å². The quantitative estimate of drug-likeness (QED) is 0.673. The molecule has 1 aromatic rings. The third-order valence-electron chi connectivity index (χ3n) is 2.92. The first-order valence-electron chi connectivity index (χ1n) is 7.01. The second-order valence-electron chi connectivity index (χ2n) is 5.13. The van der Waals surface area contributed by atoms with Gasteiger partial charge in [0.2, 0.25) is 0 Å². The largest absolute Gasteiger partial charge is 0.494 e. The van der Waals surface area contributed by atoms with Gasteiger partial charge in [-0.2, -0.15) is 5.26 Å². The number of nitrogens with zero attached hydrogens (tertiary/aromatic N) is 2. The van der Waals surface area contributed by atoms with Crippen LogP contribution in [0.25, 0.3) is 0 Å². The average molecular weight is 260 g/mol. The molecule has 0 aliphatic carbocycles. The van der Waals surface area contributed by atoms with Gasteiger partial charge in [0.15, 0.2) is 0 Å². The van der Waals surface area contributed by atoms with Crippen LogP contribution in [-0.2, 0) is 0 Å². The van der Waals surface area contributed by atoms with Gasteiger partial charge in [0.25, 0.3) is 0 Å². The summed E-state index contributed by atoms with van der Waals surface area (Å²) >= 11 is 0. The molecule has 0 bridgehead atoms. The van der Waals surface area contributed by atoms with E-state index in [2.05, 4.69) is 31.7 Å². The Balaban J connectivity index is 2.28. The van der Waals surface area contributed by atoms with Crippen LogP contribution in [0.3, 0.4) is 0 Å². The van der Waals surface area contributed by atoms with Crippen molar-refractivity contribution in [2.24, 2.45) is 5.92 Å². The molecule has 0 N–H and O–H groups in total. The van der Waals surface area contributed by atoms with Gasteiger partial charge in [-0.25, -0.2) is 0 Å². The summed E-state index contributed by atoms with van der Waals surface area (Å²) in [6, 6.07) is 9.44. The fraction of sp³-hybridized carbons (Fsp3) is 0.562. The third-order valence-corrected chi connectivity index (χ3v) is 2.92. The normalized spacial score (nSPS) is 10.7. The third kappa shape index (κ3) is 6.26. The molecule has 0 unspecified atom stereocenters. The number of rotatable bonds is 8. The second kappa shape index (κ2) is 8.55. The summed E-state index contributed by atoms with van der Waals surface area (Å²) in [5, 5.41) is 8.81. The lowest BCUT2D eigenvalue weighted by Crippen LogP contribution is -2.29. The SMILES string of the molecule is CCN(CCCOc1cccc(C#N)c1)CC(C)C. The summed E-state index contributed by atoms with van der Waals surface area (Å²) in [5.74, 6) is 1.49. The Bertz CT molecular complexity index is 409. The smallest absolute Gasteiger partial charge is 0.120 e. The van der Waals surface area contributed by atoms with Crippen molar-refractivity contribution in [2.75, 3.05) is 26.2 Å². The number of hydrogen-bond donors (Lipinski definition) is 0. The highest BCUT2D eigenvalue weighted by Crippen LogP contribution is 2.12. The van der Waals surface area contributed by atoms with Crippen LogP contribution < -0.4 is 4.74 Å². The van der Waals surface area contributed by atoms with Gasteiger partial charge in [0.05, 0.1) is 18.2 Å². The molecule has 0 fully saturated rings. The number of benzene rings is 1. The fourth-order valence-corrected chi connectivity index (χ4v) is 2.03. The number of hydrogen-bond acceptors (Lipinski definition) is 3. The van der Waals surface area contributed by atoms with E-state index in [0.29, 0.717) is 18.1 Å². The van der Waals surface area contributed by atoms with E-state index in [0.717, 1.165) is 31.8 Å². The van der Waals surface area contributed by atoms with Gasteiger partial charge in [-0.3, -0.25) is 0 Å². The molecule has 0 amide bonds. The van der Waals surface area contributed by atoms with Crippen LogP contribution in [0.4, 0.5) is 0 Å². The molecular weight excluding hydrogens is 236 g/mol. The Morgan fingerprint density at radius 3 is 2.79 bits per heavy atom. The molecule has 0 heterocycles. The minimum absolute atomic E-state index is 0.646. The lowest BCUT2D eigenvalue weighted by atomic mass is 10.2. The zero-order valence-corrected chi connectivity index (χ0v) is 12.2. The summed E-state index contributed by atoms with van der Waals surface area (Å²) < 4.78 is 5.67. The van der Waals surface area contributed by atoms with E-state index in [4.69, 9.17) is 10.00 Å². The minimum atomic E-state index is 0.646. The van der Waals surface area contributed by atoms with Gasteiger partial charge >= 0.3 is 0 Å². The molecule has 0 atom stereocenters. The summed E-state index contributed by atoms with van der Waals surface area (Å²) in [6.07, 6.45) is 1.01. The van der Waals surface area contributed by atoms with E-state index >= 15 is 0 Å². The topological polar surface area (TPSA) is 36.3 Å². The van der Waals surface area contributed by atoms with Gasteiger partial charge in [0, 0.05) is 13.1 Å². The highest BCUT2D eigenvalue weighted by molar-refractivity contribution is 5.36. The van der Waals surface area contributed by atoms with E-state index in [1.165, 1.54) is 0 Å². The van der Waals surface area contributed by atoms with Crippen LogP contribution in [0, 0.1) is 17.2 Å². The van der Waals surface area contributed by atoms with Gasteiger partial charge in [-0.15, -0.1) is 0 Å². The fourth-order valence-electron chi connectivity index (χ4n) is 2.03. The maximum absolute atomic E-state index is 8.81. The molecule has 0 aliphatic heterocycles. The van der Waals surface area contributed by atoms with E-state index in [1.807, 2.05) is 12.1 Å².